The van der Waals surface area contributed by atoms with Crippen LogP contribution in [0.25, 0.3) is 0 Å². The minimum absolute atomic E-state index is 0.204. The molecule has 5 nitrogen and oxygen atoms in total. The van der Waals surface area contributed by atoms with Crippen molar-refractivity contribution in [2.24, 2.45) is 0 Å². The van der Waals surface area contributed by atoms with Crippen LogP contribution >= 0.6 is 81.2 Å². The van der Waals surface area contributed by atoms with Crippen LogP contribution in [0, 0.1) is 13.8 Å². The second kappa shape index (κ2) is 9.23. The lowest BCUT2D eigenvalue weighted by Gasteiger charge is -2.50. The maximum absolute atomic E-state index is 13.4. The number of sulfonamides is 1. The number of anilines is 1. The highest BCUT2D eigenvalue weighted by Crippen LogP contribution is 2.58. The van der Waals surface area contributed by atoms with Crippen LogP contribution in [0.2, 0.25) is 5.02 Å². The largest absolute Gasteiger partial charge is 0.359 e. The van der Waals surface area contributed by atoms with Gasteiger partial charge in [-0.15, -0.1) is 0 Å². The quantitative estimate of drug-likeness (QED) is 0.293. The number of benzene rings is 2. The molecule has 2 N–H and O–H groups in total. The topological polar surface area (TPSA) is 75.3 Å². The number of ketones is 1. The first kappa shape index (κ1) is 27.2. The highest BCUT2D eigenvalue weighted by molar-refractivity contribution is 7.89. The average Bonchev–Trinajstić information content (AvgIpc) is 2.73. The molecular formula is C20H15Cl7N2O3S. The summed E-state index contributed by atoms with van der Waals surface area (Å²) in [6.45, 7) is 3.72. The molecular weight excluding hydrogens is 596 g/mol. The normalized spacial score (nSPS) is 22.4. The summed E-state index contributed by atoms with van der Waals surface area (Å²) in [4.78, 5) is 12.5. The van der Waals surface area contributed by atoms with Gasteiger partial charge in [-0.3, -0.25) is 4.79 Å². The first-order valence-corrected chi connectivity index (χ1v) is 13.2. The highest BCUT2D eigenvalue weighted by Gasteiger charge is 2.71. The monoisotopic (exact) mass is 608 g/mol. The molecule has 0 saturated carbocycles. The van der Waals surface area contributed by atoms with Crippen LogP contribution in [0.3, 0.4) is 0 Å². The number of Topliss-reactive ketones (excluding diaryl/α,β-unsaturated/α-hetero) is 1. The Kier molecular flexibility index (Phi) is 7.60. The molecule has 0 fully saturated rings. The summed E-state index contributed by atoms with van der Waals surface area (Å²) >= 11 is 44.2. The number of allylic oxidation sites excluding steroid dienone is 1. The lowest BCUT2D eigenvalue weighted by molar-refractivity contribution is -0.116. The molecule has 0 heterocycles. The Balaban J connectivity index is 2.29. The molecule has 2 aromatic rings. The van der Waals surface area contributed by atoms with E-state index in [-0.39, 0.29) is 4.90 Å². The van der Waals surface area contributed by atoms with Gasteiger partial charge < -0.3 is 5.32 Å². The molecule has 0 bridgehead atoms. The molecule has 0 spiro atoms. The average molecular weight is 612 g/mol. The Morgan fingerprint density at radius 2 is 1.42 bits per heavy atom. The third kappa shape index (κ3) is 4.59. The van der Waals surface area contributed by atoms with Gasteiger partial charge in [-0.25, -0.2) is 8.42 Å². The van der Waals surface area contributed by atoms with Gasteiger partial charge in [0.05, 0.1) is 9.93 Å². The van der Waals surface area contributed by atoms with Gasteiger partial charge in [0.2, 0.25) is 24.5 Å². The molecule has 1 atom stereocenters. The predicted octanol–water partition coefficient (Wildman–Crippen LogP) is 6.66. The molecule has 2 aromatic carbocycles. The number of alkyl halides is 4. The molecule has 0 amide bonds. The third-order valence-corrected chi connectivity index (χ3v) is 10.2. The smallest absolute Gasteiger partial charge is 0.242 e. The molecule has 1 aliphatic rings. The zero-order chi connectivity index (χ0) is 25.0. The number of nitrogens with one attached hydrogen (secondary N) is 2. The summed E-state index contributed by atoms with van der Waals surface area (Å²) < 4.78 is 23.9. The van der Waals surface area contributed by atoms with Gasteiger partial charge in [0.25, 0.3) is 0 Å². The summed E-state index contributed by atoms with van der Waals surface area (Å²) in [5, 5.41) is 1.99. The Labute approximate surface area is 226 Å². The minimum Gasteiger partial charge on any atom is -0.359 e. The van der Waals surface area contributed by atoms with Gasteiger partial charge in [0, 0.05) is 10.7 Å². The lowest BCUT2D eigenvalue weighted by atomic mass is 9.92. The van der Waals surface area contributed by atoms with Crippen molar-refractivity contribution in [1.82, 2.24) is 4.72 Å². The predicted molar refractivity (Wildman–Crippen MR) is 137 cm³/mol. The van der Waals surface area contributed by atoms with Crippen molar-refractivity contribution in [2.75, 3.05) is 5.32 Å². The number of hydrogen-bond donors (Lipinski definition) is 2. The van der Waals surface area contributed by atoms with E-state index in [9.17, 15) is 13.2 Å². The van der Waals surface area contributed by atoms with Gasteiger partial charge in [0.1, 0.15) is 5.03 Å². The van der Waals surface area contributed by atoms with Crippen molar-refractivity contribution in [1.29, 1.82) is 0 Å². The van der Waals surface area contributed by atoms with Crippen LogP contribution in [0.1, 0.15) is 11.1 Å². The summed E-state index contributed by atoms with van der Waals surface area (Å²) in [5.74, 6) is -1.09. The molecule has 178 valence electrons. The highest BCUT2D eigenvalue weighted by atomic mass is 35.5. The molecule has 0 unspecified atom stereocenters. The Hall–Kier alpha value is -0.410. The van der Waals surface area contributed by atoms with E-state index in [0.717, 1.165) is 11.1 Å². The fourth-order valence-electron chi connectivity index (χ4n) is 3.10. The molecule has 0 aliphatic heterocycles. The van der Waals surface area contributed by atoms with E-state index < -0.39 is 40.2 Å². The van der Waals surface area contributed by atoms with Crippen molar-refractivity contribution in [2.45, 2.75) is 33.1 Å². The van der Waals surface area contributed by atoms with E-state index in [1.807, 2.05) is 13.8 Å². The van der Waals surface area contributed by atoms with Crippen molar-refractivity contribution in [3.63, 3.8) is 0 Å². The van der Waals surface area contributed by atoms with Crippen molar-refractivity contribution < 1.29 is 13.2 Å². The third-order valence-electron chi connectivity index (χ3n) is 5.12. The zero-order valence-corrected chi connectivity index (χ0v) is 22.9. The van der Waals surface area contributed by atoms with Gasteiger partial charge in [-0.05, 0) is 61.4 Å². The number of halogens is 7. The van der Waals surface area contributed by atoms with E-state index in [2.05, 4.69) is 10.0 Å². The summed E-state index contributed by atoms with van der Waals surface area (Å²) in [7, 11) is -4.41. The SMILES string of the molecule is Cc1ccc(N[C@@]2(NS(=O)(=O)c3ccc(Cl)cc3)C(Cl)=C(Cl)C(=O)C(Cl)(Cl)C2(Cl)Cl)cc1C. The number of rotatable bonds is 5. The van der Waals surface area contributed by atoms with Crippen molar-refractivity contribution >= 4 is 103 Å². The van der Waals surface area contributed by atoms with Crippen LogP contribution in [-0.2, 0) is 14.8 Å². The van der Waals surface area contributed by atoms with E-state index in [0.29, 0.717) is 10.7 Å². The second-order valence-electron chi connectivity index (χ2n) is 7.34. The number of carbonyl (C=O) groups is 1. The zero-order valence-electron chi connectivity index (χ0n) is 16.8. The fraction of sp³-hybridized carbons (Fsp3) is 0.250. The van der Waals surface area contributed by atoms with E-state index in [1.54, 1.807) is 18.2 Å². The summed E-state index contributed by atoms with van der Waals surface area (Å²) in [5.41, 5.74) is -0.219. The minimum atomic E-state index is -4.41. The van der Waals surface area contributed by atoms with Crippen molar-refractivity contribution in [3.05, 3.63) is 68.7 Å². The molecule has 1 aliphatic carbocycles. The van der Waals surface area contributed by atoms with Crippen LogP contribution < -0.4 is 10.0 Å². The first-order valence-electron chi connectivity index (χ1n) is 9.08. The van der Waals surface area contributed by atoms with Crippen molar-refractivity contribution in [3.8, 4) is 0 Å². The van der Waals surface area contributed by atoms with Gasteiger partial charge in [-0.2, -0.15) is 4.72 Å². The maximum Gasteiger partial charge on any atom is 0.242 e. The lowest BCUT2D eigenvalue weighted by Crippen LogP contribution is -2.73. The fourth-order valence-corrected chi connectivity index (χ4v) is 6.53. The standard InChI is InChI=1S/C20H15Cl7N2O3S/c1-10-3-6-13(9-11(10)2)28-19(29-33(31,32)14-7-4-12(21)5-8-14)16(23)15(22)17(30)18(24,25)20(19,26)27/h3-9,28-29H,1-2H3/t19-/m1/s1. The Bertz CT molecular complexity index is 1260. The number of hydrogen-bond acceptors (Lipinski definition) is 4. The first-order chi connectivity index (χ1) is 15.1. The molecule has 0 aromatic heterocycles. The van der Waals surface area contributed by atoms with E-state index >= 15 is 0 Å². The van der Waals surface area contributed by atoms with Crippen LogP contribution in [-0.4, -0.2) is 28.5 Å². The van der Waals surface area contributed by atoms with E-state index in [4.69, 9.17) is 81.2 Å². The summed E-state index contributed by atoms with van der Waals surface area (Å²) in [6, 6.07) is 10.3. The molecule has 13 heteroatoms. The van der Waals surface area contributed by atoms with E-state index in [1.165, 1.54) is 24.3 Å². The molecule has 3 rings (SSSR count). The number of aryl methyl sites for hydroxylation is 2. The van der Waals surface area contributed by atoms with Gasteiger partial charge >= 0.3 is 0 Å². The molecule has 0 saturated heterocycles. The van der Waals surface area contributed by atoms with Crippen LogP contribution in [0.4, 0.5) is 5.69 Å². The Morgan fingerprint density at radius 1 is 0.848 bits per heavy atom. The van der Waals surface area contributed by atoms with Gasteiger partial charge in [0.15, 0.2) is 5.66 Å². The molecule has 0 radical (unpaired) electrons. The summed E-state index contributed by atoms with van der Waals surface area (Å²) in [6.07, 6.45) is 0. The number of carbonyl (C=O) groups excluding carboxylic acids is 1. The second-order valence-corrected chi connectivity index (χ2v) is 12.9. The van der Waals surface area contributed by atoms with Crippen LogP contribution in [0.5, 0.6) is 0 Å². The Morgan fingerprint density at radius 3 is 1.97 bits per heavy atom. The van der Waals surface area contributed by atoms with Gasteiger partial charge in [-0.1, -0.05) is 87.3 Å². The molecule has 33 heavy (non-hydrogen) atoms. The maximum atomic E-state index is 13.4. The van der Waals surface area contributed by atoms with Crippen LogP contribution in [0.15, 0.2) is 57.4 Å².